The summed E-state index contributed by atoms with van der Waals surface area (Å²) in [4.78, 5) is 9.22. The second-order valence-corrected chi connectivity index (χ2v) is 5.46. The molecular weight excluding hydrogens is 264 g/mol. The van der Waals surface area contributed by atoms with E-state index in [2.05, 4.69) is 21.7 Å². The Bertz CT molecular complexity index is 482. The normalized spacial score (nSPS) is 23.3. The number of nitrogen functional groups attached to an aromatic ring is 1. The van der Waals surface area contributed by atoms with Crippen LogP contribution in [-0.4, -0.2) is 48.7 Å². The Hall–Kier alpha value is -1.20. The molecule has 5 nitrogen and oxygen atoms in total. The molecule has 2 aliphatic heterocycles. The molecule has 1 aromatic rings. The summed E-state index contributed by atoms with van der Waals surface area (Å²) < 4.78 is 5.78. The average Bonchev–Trinajstić information content (AvgIpc) is 2.58. The molecule has 0 bridgehead atoms. The van der Waals surface area contributed by atoms with Crippen LogP contribution in [0.5, 0.6) is 5.75 Å². The molecule has 0 aliphatic carbocycles. The van der Waals surface area contributed by atoms with Crippen molar-refractivity contribution < 1.29 is 4.74 Å². The van der Waals surface area contributed by atoms with E-state index in [1.807, 2.05) is 0 Å². The minimum Gasteiger partial charge on any atom is -0.490 e. The van der Waals surface area contributed by atoms with Crippen LogP contribution in [0.1, 0.15) is 13.3 Å². The quantitative estimate of drug-likeness (QED) is 0.848. The molecule has 2 N–H and O–H groups in total. The Labute approximate surface area is 118 Å². The number of halogens is 1. The number of nitrogens with two attached hydrogens (primary N) is 1. The SMILES string of the molecule is CCN1CCN2c3nc(N)c(Cl)cc3OCC[C@@H]2C1. The average molecular weight is 283 g/mol. The maximum absolute atomic E-state index is 6.03. The molecule has 0 spiro atoms. The fourth-order valence-corrected chi connectivity index (χ4v) is 2.97. The number of rotatable bonds is 1. The molecule has 0 aromatic carbocycles. The second kappa shape index (κ2) is 5.06. The number of nitrogens with zero attached hydrogens (tertiary/aromatic N) is 3. The number of piperazine rings is 1. The first kappa shape index (κ1) is 12.8. The summed E-state index contributed by atoms with van der Waals surface area (Å²) in [5.74, 6) is 1.98. The number of likely N-dealkylation sites (N-methyl/N-ethyl adjacent to an activating group) is 1. The summed E-state index contributed by atoms with van der Waals surface area (Å²) in [6.45, 7) is 7.07. The summed E-state index contributed by atoms with van der Waals surface area (Å²) in [6, 6.07) is 2.23. The molecule has 1 saturated heterocycles. The largest absolute Gasteiger partial charge is 0.490 e. The molecule has 0 saturated carbocycles. The van der Waals surface area contributed by atoms with E-state index >= 15 is 0 Å². The van der Waals surface area contributed by atoms with Crippen molar-refractivity contribution in [1.82, 2.24) is 9.88 Å². The Morgan fingerprint density at radius 2 is 2.37 bits per heavy atom. The zero-order valence-corrected chi connectivity index (χ0v) is 11.9. The molecule has 0 radical (unpaired) electrons. The van der Waals surface area contributed by atoms with Gasteiger partial charge in [0.15, 0.2) is 11.6 Å². The highest BCUT2D eigenvalue weighted by Gasteiger charge is 2.31. The van der Waals surface area contributed by atoms with Crippen molar-refractivity contribution in [3.8, 4) is 5.75 Å². The van der Waals surface area contributed by atoms with Crippen LogP contribution < -0.4 is 15.4 Å². The van der Waals surface area contributed by atoms with E-state index in [-0.39, 0.29) is 0 Å². The van der Waals surface area contributed by atoms with E-state index in [1.54, 1.807) is 6.07 Å². The van der Waals surface area contributed by atoms with Crippen LogP contribution in [0.25, 0.3) is 0 Å². The molecular formula is C13H19ClN4O. The van der Waals surface area contributed by atoms with Crippen LogP contribution in [0.2, 0.25) is 5.02 Å². The molecule has 6 heteroatoms. The van der Waals surface area contributed by atoms with Gasteiger partial charge in [0, 0.05) is 38.2 Å². The van der Waals surface area contributed by atoms with Gasteiger partial charge in [-0.15, -0.1) is 0 Å². The fraction of sp³-hybridized carbons (Fsp3) is 0.615. The molecule has 3 rings (SSSR count). The highest BCUT2D eigenvalue weighted by atomic mass is 35.5. The molecule has 1 atom stereocenters. The summed E-state index contributed by atoms with van der Waals surface area (Å²) in [5.41, 5.74) is 5.83. The molecule has 2 aliphatic rings. The Balaban J connectivity index is 1.95. The minimum atomic E-state index is 0.377. The molecule has 1 aromatic heterocycles. The van der Waals surface area contributed by atoms with E-state index in [9.17, 15) is 0 Å². The van der Waals surface area contributed by atoms with Gasteiger partial charge in [0.25, 0.3) is 0 Å². The highest BCUT2D eigenvalue weighted by Crippen LogP contribution is 2.36. The van der Waals surface area contributed by atoms with Gasteiger partial charge in [-0.25, -0.2) is 4.98 Å². The lowest BCUT2D eigenvalue weighted by Crippen LogP contribution is -2.53. The van der Waals surface area contributed by atoms with Gasteiger partial charge in [0.05, 0.1) is 11.6 Å². The van der Waals surface area contributed by atoms with Crippen LogP contribution >= 0.6 is 11.6 Å². The zero-order chi connectivity index (χ0) is 13.4. The zero-order valence-electron chi connectivity index (χ0n) is 11.1. The van der Waals surface area contributed by atoms with Crippen LogP contribution in [0.4, 0.5) is 11.6 Å². The van der Waals surface area contributed by atoms with Gasteiger partial charge in [-0.2, -0.15) is 0 Å². The Morgan fingerprint density at radius 1 is 1.53 bits per heavy atom. The second-order valence-electron chi connectivity index (χ2n) is 5.05. The molecule has 19 heavy (non-hydrogen) atoms. The number of ether oxygens (including phenoxy) is 1. The smallest absolute Gasteiger partial charge is 0.173 e. The molecule has 3 heterocycles. The van der Waals surface area contributed by atoms with Crippen LogP contribution in [0, 0.1) is 0 Å². The van der Waals surface area contributed by atoms with Gasteiger partial charge in [-0.3, -0.25) is 4.90 Å². The van der Waals surface area contributed by atoms with Crippen molar-refractivity contribution in [1.29, 1.82) is 0 Å². The number of hydrogen-bond acceptors (Lipinski definition) is 5. The van der Waals surface area contributed by atoms with Gasteiger partial charge in [0.2, 0.25) is 0 Å². The van der Waals surface area contributed by atoms with Crippen molar-refractivity contribution >= 4 is 23.2 Å². The lowest BCUT2D eigenvalue weighted by atomic mass is 10.1. The number of pyridine rings is 1. The number of fused-ring (bicyclic) bond motifs is 3. The summed E-state index contributed by atoms with van der Waals surface area (Å²) in [5, 5.41) is 0.462. The van der Waals surface area contributed by atoms with Crippen molar-refractivity contribution in [3.05, 3.63) is 11.1 Å². The van der Waals surface area contributed by atoms with Crippen molar-refractivity contribution in [2.75, 3.05) is 43.4 Å². The third kappa shape index (κ3) is 2.32. The lowest BCUT2D eigenvalue weighted by Gasteiger charge is -2.40. The monoisotopic (exact) mass is 282 g/mol. The number of anilines is 2. The van der Waals surface area contributed by atoms with Gasteiger partial charge in [0.1, 0.15) is 5.82 Å². The van der Waals surface area contributed by atoms with Gasteiger partial charge in [-0.05, 0) is 6.54 Å². The van der Waals surface area contributed by atoms with E-state index in [0.29, 0.717) is 23.5 Å². The van der Waals surface area contributed by atoms with Gasteiger partial charge >= 0.3 is 0 Å². The summed E-state index contributed by atoms with van der Waals surface area (Å²) >= 11 is 6.03. The molecule has 0 amide bonds. The third-order valence-corrected chi connectivity index (χ3v) is 4.25. The number of hydrogen-bond donors (Lipinski definition) is 1. The molecule has 0 unspecified atom stereocenters. The standard InChI is InChI=1S/C13H19ClN4O/c1-2-17-4-5-18-9(8-17)3-6-19-11-7-10(14)12(15)16-13(11)18/h7,9H,2-6,8H2,1H3,(H2,15,16)/t9-/m1/s1. The van der Waals surface area contributed by atoms with E-state index in [1.165, 1.54) is 0 Å². The maximum atomic E-state index is 6.03. The lowest BCUT2D eigenvalue weighted by molar-refractivity contribution is 0.217. The molecule has 1 fully saturated rings. The van der Waals surface area contributed by atoms with Crippen LogP contribution in [-0.2, 0) is 0 Å². The first-order valence-corrected chi connectivity index (χ1v) is 7.14. The van der Waals surface area contributed by atoms with Crippen LogP contribution in [0.3, 0.4) is 0 Å². The van der Waals surface area contributed by atoms with Gasteiger partial charge in [-0.1, -0.05) is 18.5 Å². The van der Waals surface area contributed by atoms with E-state index < -0.39 is 0 Å². The highest BCUT2D eigenvalue weighted by molar-refractivity contribution is 6.33. The van der Waals surface area contributed by atoms with Gasteiger partial charge < -0.3 is 15.4 Å². The first-order chi connectivity index (χ1) is 9.19. The fourth-order valence-electron chi connectivity index (χ4n) is 2.83. The topological polar surface area (TPSA) is 54.6 Å². The van der Waals surface area contributed by atoms with E-state index in [0.717, 1.165) is 44.2 Å². The summed E-state index contributed by atoms with van der Waals surface area (Å²) in [6.07, 6.45) is 1.00. The van der Waals surface area contributed by atoms with Crippen molar-refractivity contribution in [3.63, 3.8) is 0 Å². The first-order valence-electron chi connectivity index (χ1n) is 6.77. The number of aromatic nitrogens is 1. The molecule has 104 valence electrons. The Morgan fingerprint density at radius 3 is 3.16 bits per heavy atom. The van der Waals surface area contributed by atoms with E-state index in [4.69, 9.17) is 22.1 Å². The maximum Gasteiger partial charge on any atom is 0.173 e. The Kier molecular flexibility index (Phi) is 3.41. The predicted octanol–water partition coefficient (Wildman–Crippen LogP) is 1.61. The summed E-state index contributed by atoms with van der Waals surface area (Å²) in [7, 11) is 0. The minimum absolute atomic E-state index is 0.377. The van der Waals surface area contributed by atoms with Crippen molar-refractivity contribution in [2.45, 2.75) is 19.4 Å². The van der Waals surface area contributed by atoms with Crippen LogP contribution in [0.15, 0.2) is 6.07 Å². The van der Waals surface area contributed by atoms with Crippen molar-refractivity contribution in [2.24, 2.45) is 0 Å². The predicted molar refractivity (Wildman–Crippen MR) is 77.0 cm³/mol. The third-order valence-electron chi connectivity index (χ3n) is 3.94.